The number of aliphatic hydroxyl groups excluding tert-OH is 1. The van der Waals surface area contributed by atoms with Crippen LogP contribution in [0.1, 0.15) is 38.8 Å². The average molecular weight is 375 g/mol. The highest BCUT2D eigenvalue weighted by molar-refractivity contribution is 5.69. The van der Waals surface area contributed by atoms with Crippen LogP contribution in [0, 0.1) is 0 Å². The lowest BCUT2D eigenvalue weighted by Crippen LogP contribution is -2.55. The summed E-state index contributed by atoms with van der Waals surface area (Å²) in [5.41, 5.74) is -1.43. The molecule has 1 aliphatic rings. The van der Waals surface area contributed by atoms with E-state index in [0.29, 0.717) is 0 Å². The molecule has 0 bridgehead atoms. The van der Waals surface area contributed by atoms with Crippen LogP contribution < -0.4 is 4.90 Å². The van der Waals surface area contributed by atoms with Crippen molar-refractivity contribution in [2.45, 2.75) is 52.1 Å². The minimum Gasteiger partial charge on any atom is -0.444 e. The predicted octanol–water partition coefficient (Wildman–Crippen LogP) is 3.04. The van der Waals surface area contributed by atoms with Crippen LogP contribution in [0.15, 0.2) is 12.3 Å². The number of amides is 1. The summed E-state index contributed by atoms with van der Waals surface area (Å²) < 4.78 is 45.5. The highest BCUT2D eigenvalue weighted by Gasteiger charge is 2.38. The maximum absolute atomic E-state index is 13.4. The first-order chi connectivity index (χ1) is 11.9. The summed E-state index contributed by atoms with van der Waals surface area (Å²) in [6.07, 6.45) is -3.83. The number of alkyl halides is 3. The van der Waals surface area contributed by atoms with E-state index in [1.807, 2.05) is 0 Å². The Kier molecular flexibility index (Phi) is 5.70. The second-order valence-electron chi connectivity index (χ2n) is 7.34. The molecular formula is C17H24F3N3O3. The van der Waals surface area contributed by atoms with Crippen LogP contribution in [0.2, 0.25) is 0 Å². The summed E-state index contributed by atoms with van der Waals surface area (Å²) in [7, 11) is 0. The van der Waals surface area contributed by atoms with Gasteiger partial charge in [0.15, 0.2) is 0 Å². The van der Waals surface area contributed by atoms with Gasteiger partial charge in [-0.25, -0.2) is 9.78 Å². The summed E-state index contributed by atoms with van der Waals surface area (Å²) in [4.78, 5) is 19.2. The molecule has 1 aromatic heterocycles. The molecule has 1 aromatic rings. The minimum atomic E-state index is -4.58. The minimum absolute atomic E-state index is 0.0986. The zero-order valence-electron chi connectivity index (χ0n) is 15.3. The van der Waals surface area contributed by atoms with Gasteiger partial charge in [0, 0.05) is 31.9 Å². The largest absolute Gasteiger partial charge is 0.444 e. The molecule has 0 aromatic carbocycles. The number of hydrogen-bond acceptors (Lipinski definition) is 5. The van der Waals surface area contributed by atoms with Gasteiger partial charge in [0.2, 0.25) is 0 Å². The number of pyridine rings is 1. The molecule has 0 aliphatic carbocycles. The molecule has 1 aliphatic heterocycles. The number of carbonyl (C=O) groups excluding carboxylic acids is 1. The van der Waals surface area contributed by atoms with Crippen molar-refractivity contribution >= 4 is 11.9 Å². The van der Waals surface area contributed by atoms with Crippen LogP contribution in [0.25, 0.3) is 0 Å². The molecule has 1 amide bonds. The van der Waals surface area contributed by atoms with E-state index < -0.39 is 30.0 Å². The Morgan fingerprint density at radius 1 is 1.35 bits per heavy atom. The Morgan fingerprint density at radius 3 is 2.50 bits per heavy atom. The Labute approximate surface area is 150 Å². The van der Waals surface area contributed by atoms with Crippen molar-refractivity contribution in [2.75, 3.05) is 24.5 Å². The van der Waals surface area contributed by atoms with E-state index in [1.165, 1.54) is 16.0 Å². The molecule has 0 radical (unpaired) electrons. The maximum Gasteiger partial charge on any atom is 0.419 e. The average Bonchev–Trinajstić information content (AvgIpc) is 2.51. The second-order valence-corrected chi connectivity index (χ2v) is 7.34. The molecule has 1 fully saturated rings. The molecule has 1 saturated heterocycles. The third-order valence-corrected chi connectivity index (χ3v) is 3.97. The summed E-state index contributed by atoms with van der Waals surface area (Å²) in [5, 5.41) is 9.08. The lowest BCUT2D eigenvalue weighted by molar-refractivity contribution is -0.137. The van der Waals surface area contributed by atoms with Crippen LogP contribution in [-0.2, 0) is 17.5 Å². The lowest BCUT2D eigenvalue weighted by atomic mass is 10.1. The van der Waals surface area contributed by atoms with E-state index in [2.05, 4.69) is 4.98 Å². The van der Waals surface area contributed by atoms with Gasteiger partial charge in [-0.2, -0.15) is 13.2 Å². The molecule has 1 N–H and O–H groups in total. The van der Waals surface area contributed by atoms with Crippen molar-refractivity contribution in [3.05, 3.63) is 23.4 Å². The van der Waals surface area contributed by atoms with E-state index in [9.17, 15) is 18.0 Å². The van der Waals surface area contributed by atoms with Gasteiger partial charge < -0.3 is 19.6 Å². The fourth-order valence-electron chi connectivity index (χ4n) is 2.79. The molecule has 2 heterocycles. The summed E-state index contributed by atoms with van der Waals surface area (Å²) in [5.74, 6) is -0.189. The van der Waals surface area contributed by atoms with E-state index in [-0.39, 0.29) is 37.1 Å². The van der Waals surface area contributed by atoms with Gasteiger partial charge in [-0.05, 0) is 39.3 Å². The first-order valence-electron chi connectivity index (χ1n) is 8.34. The zero-order chi connectivity index (χ0) is 19.7. The third-order valence-electron chi connectivity index (χ3n) is 3.97. The molecule has 1 atom stereocenters. The Bertz CT molecular complexity index is 659. The lowest BCUT2D eigenvalue weighted by Gasteiger charge is -2.41. The van der Waals surface area contributed by atoms with Crippen molar-refractivity contribution in [1.29, 1.82) is 0 Å². The number of ether oxygens (including phenoxy) is 1. The molecule has 26 heavy (non-hydrogen) atoms. The number of halogens is 3. The first kappa shape index (κ1) is 20.3. The van der Waals surface area contributed by atoms with Gasteiger partial charge in [-0.1, -0.05) is 0 Å². The molecule has 0 saturated carbocycles. The number of rotatable bonds is 2. The predicted molar refractivity (Wildman–Crippen MR) is 89.8 cm³/mol. The van der Waals surface area contributed by atoms with Gasteiger partial charge in [0.25, 0.3) is 0 Å². The smallest absolute Gasteiger partial charge is 0.419 e. The highest BCUT2D eigenvalue weighted by atomic mass is 19.4. The summed E-state index contributed by atoms with van der Waals surface area (Å²) >= 11 is 0. The van der Waals surface area contributed by atoms with Crippen LogP contribution in [0.5, 0.6) is 0 Å². The molecule has 1 unspecified atom stereocenters. The topological polar surface area (TPSA) is 65.9 Å². The number of nitrogens with zero attached hydrogens (tertiary/aromatic N) is 3. The standard InChI is InChI=1S/C17H24F3N3O3/c1-11-9-22(5-6-23(11)15(25)26-16(2,3)4)14-13(17(18,19)20)7-12(10-24)8-21-14/h7-8,11,24H,5-6,9-10H2,1-4H3. The van der Waals surface area contributed by atoms with Crippen LogP contribution in [-0.4, -0.2) is 52.4 Å². The van der Waals surface area contributed by atoms with Crippen LogP contribution >= 0.6 is 0 Å². The summed E-state index contributed by atoms with van der Waals surface area (Å²) in [6.45, 7) is 7.16. The highest BCUT2D eigenvalue weighted by Crippen LogP contribution is 2.36. The van der Waals surface area contributed by atoms with Gasteiger partial charge in [-0.3, -0.25) is 0 Å². The number of piperazine rings is 1. The third kappa shape index (κ3) is 4.78. The van der Waals surface area contributed by atoms with Crippen molar-refractivity contribution in [1.82, 2.24) is 9.88 Å². The number of hydrogen-bond donors (Lipinski definition) is 1. The monoisotopic (exact) mass is 375 g/mol. The van der Waals surface area contributed by atoms with Crippen molar-refractivity contribution in [3.63, 3.8) is 0 Å². The van der Waals surface area contributed by atoms with Crippen LogP contribution in [0.3, 0.4) is 0 Å². The number of aliphatic hydroxyl groups is 1. The molecule has 146 valence electrons. The van der Waals surface area contributed by atoms with Gasteiger partial charge in [-0.15, -0.1) is 0 Å². The first-order valence-corrected chi connectivity index (χ1v) is 8.34. The van der Waals surface area contributed by atoms with Gasteiger partial charge in [0.1, 0.15) is 11.4 Å². The number of carbonyl (C=O) groups is 1. The van der Waals surface area contributed by atoms with Crippen LogP contribution in [0.4, 0.5) is 23.8 Å². The number of anilines is 1. The quantitative estimate of drug-likeness (QED) is 0.861. The SMILES string of the molecule is CC1CN(c2ncc(CO)cc2C(F)(F)F)CCN1C(=O)OC(C)(C)C. The normalized spacial score (nSPS) is 18.8. The van der Waals surface area contributed by atoms with Gasteiger partial charge >= 0.3 is 12.3 Å². The zero-order valence-corrected chi connectivity index (χ0v) is 15.3. The fraction of sp³-hybridized carbons (Fsp3) is 0.647. The Balaban J connectivity index is 2.20. The van der Waals surface area contributed by atoms with E-state index in [4.69, 9.17) is 9.84 Å². The van der Waals surface area contributed by atoms with E-state index >= 15 is 0 Å². The molecular weight excluding hydrogens is 351 g/mol. The maximum atomic E-state index is 13.4. The molecule has 0 spiro atoms. The Morgan fingerprint density at radius 2 is 2.00 bits per heavy atom. The van der Waals surface area contributed by atoms with Crippen molar-refractivity contribution in [2.24, 2.45) is 0 Å². The van der Waals surface area contributed by atoms with Gasteiger partial charge in [0.05, 0.1) is 12.2 Å². The van der Waals surface area contributed by atoms with Crippen molar-refractivity contribution < 1.29 is 27.8 Å². The van der Waals surface area contributed by atoms with E-state index in [1.54, 1.807) is 27.7 Å². The summed E-state index contributed by atoms with van der Waals surface area (Å²) in [6, 6.07) is 0.576. The molecule has 2 rings (SSSR count). The number of aromatic nitrogens is 1. The molecule has 9 heteroatoms. The molecule has 6 nitrogen and oxygen atoms in total. The van der Waals surface area contributed by atoms with Crippen molar-refractivity contribution in [3.8, 4) is 0 Å². The van der Waals surface area contributed by atoms with E-state index in [0.717, 1.165) is 6.07 Å². The Hall–Kier alpha value is -2.03. The second kappa shape index (κ2) is 7.30. The fourth-order valence-corrected chi connectivity index (χ4v) is 2.79.